The number of unbranched alkanes of at least 4 members (excludes halogenated alkanes) is 1. The van der Waals surface area contributed by atoms with Gasteiger partial charge in [-0.1, -0.05) is 51.0 Å². The van der Waals surface area contributed by atoms with Crippen LogP contribution in [0.5, 0.6) is 0 Å². The van der Waals surface area contributed by atoms with E-state index in [0.29, 0.717) is 11.8 Å². The van der Waals surface area contributed by atoms with Crippen LogP contribution in [0.1, 0.15) is 47.5 Å². The summed E-state index contributed by atoms with van der Waals surface area (Å²) in [5.41, 5.74) is 3.91. The Morgan fingerprint density at radius 3 is 2.76 bits per heavy atom. The fraction of sp³-hybridized carbons (Fsp3) is 0.562. The van der Waals surface area contributed by atoms with Gasteiger partial charge in [0.2, 0.25) is 0 Å². The maximum Gasteiger partial charge on any atom is 0.0444 e. The SMILES string of the molecule is CCC/C=C/N=C(/C)C1=C(C)C(C)C(C)C=C1. The lowest BCUT2D eigenvalue weighted by atomic mass is 9.81. The van der Waals surface area contributed by atoms with Gasteiger partial charge in [0.15, 0.2) is 0 Å². The van der Waals surface area contributed by atoms with Crippen LogP contribution in [-0.2, 0) is 0 Å². The van der Waals surface area contributed by atoms with E-state index in [0.717, 1.165) is 12.1 Å². The third-order valence-corrected chi connectivity index (χ3v) is 3.68. The van der Waals surface area contributed by atoms with Gasteiger partial charge in [-0.05, 0) is 37.7 Å². The molecule has 17 heavy (non-hydrogen) atoms. The van der Waals surface area contributed by atoms with Crippen LogP contribution in [0.3, 0.4) is 0 Å². The quantitative estimate of drug-likeness (QED) is 0.609. The van der Waals surface area contributed by atoms with Crippen LogP contribution >= 0.6 is 0 Å². The zero-order chi connectivity index (χ0) is 12.8. The van der Waals surface area contributed by atoms with Gasteiger partial charge in [0.05, 0.1) is 0 Å². The van der Waals surface area contributed by atoms with Crippen LogP contribution in [0.2, 0.25) is 0 Å². The number of aliphatic imine (C=N–C) groups is 1. The van der Waals surface area contributed by atoms with Gasteiger partial charge in [-0.3, -0.25) is 4.99 Å². The summed E-state index contributed by atoms with van der Waals surface area (Å²) in [4.78, 5) is 4.52. The fourth-order valence-corrected chi connectivity index (χ4v) is 2.07. The highest BCUT2D eigenvalue weighted by atomic mass is 14.7. The molecule has 0 aromatic carbocycles. The Kier molecular flexibility index (Phi) is 5.40. The highest BCUT2D eigenvalue weighted by molar-refractivity contribution is 6.02. The Morgan fingerprint density at radius 2 is 2.12 bits per heavy atom. The molecule has 0 saturated carbocycles. The van der Waals surface area contributed by atoms with Crippen LogP contribution in [0.4, 0.5) is 0 Å². The highest BCUT2D eigenvalue weighted by Crippen LogP contribution is 2.29. The lowest BCUT2D eigenvalue weighted by Crippen LogP contribution is -2.15. The summed E-state index contributed by atoms with van der Waals surface area (Å²) in [6.07, 6.45) is 10.9. The van der Waals surface area contributed by atoms with Crippen molar-refractivity contribution in [3.05, 3.63) is 35.6 Å². The first kappa shape index (κ1) is 14.0. The van der Waals surface area contributed by atoms with Crippen LogP contribution in [-0.4, -0.2) is 5.71 Å². The molecule has 1 aliphatic carbocycles. The molecule has 0 aliphatic heterocycles. The molecule has 2 unspecified atom stereocenters. The molecule has 0 amide bonds. The second-order valence-electron chi connectivity index (χ2n) is 4.99. The predicted molar refractivity (Wildman–Crippen MR) is 77.3 cm³/mol. The average Bonchev–Trinajstić information content (AvgIpc) is 2.31. The molecule has 0 saturated heterocycles. The van der Waals surface area contributed by atoms with Crippen molar-refractivity contribution in [1.82, 2.24) is 0 Å². The molecule has 1 aliphatic rings. The second-order valence-corrected chi connectivity index (χ2v) is 4.99. The van der Waals surface area contributed by atoms with E-state index in [1.165, 1.54) is 17.6 Å². The van der Waals surface area contributed by atoms with Crippen molar-refractivity contribution in [1.29, 1.82) is 0 Å². The van der Waals surface area contributed by atoms with Gasteiger partial charge in [-0.2, -0.15) is 0 Å². The topological polar surface area (TPSA) is 12.4 Å². The number of nitrogens with zero attached hydrogens (tertiary/aromatic N) is 1. The summed E-state index contributed by atoms with van der Waals surface area (Å²) in [7, 11) is 0. The summed E-state index contributed by atoms with van der Waals surface area (Å²) >= 11 is 0. The summed E-state index contributed by atoms with van der Waals surface area (Å²) in [5, 5.41) is 0. The lowest BCUT2D eigenvalue weighted by Gasteiger charge is -2.24. The molecule has 1 rings (SSSR count). The van der Waals surface area contributed by atoms with E-state index >= 15 is 0 Å². The van der Waals surface area contributed by atoms with Gasteiger partial charge >= 0.3 is 0 Å². The first-order valence-corrected chi connectivity index (χ1v) is 6.66. The minimum atomic E-state index is 0.625. The molecule has 0 aromatic rings. The van der Waals surface area contributed by atoms with E-state index in [4.69, 9.17) is 0 Å². The smallest absolute Gasteiger partial charge is 0.0444 e. The minimum Gasteiger partial charge on any atom is -0.261 e. The van der Waals surface area contributed by atoms with Crippen molar-refractivity contribution in [3.63, 3.8) is 0 Å². The van der Waals surface area contributed by atoms with Crippen molar-refractivity contribution in [2.75, 3.05) is 0 Å². The predicted octanol–water partition coefficient (Wildman–Crippen LogP) is 4.92. The van der Waals surface area contributed by atoms with Crippen LogP contribution in [0.25, 0.3) is 0 Å². The Bertz CT molecular complexity index is 369. The molecule has 0 radical (unpaired) electrons. The lowest BCUT2D eigenvalue weighted by molar-refractivity contribution is 0.520. The third kappa shape index (κ3) is 3.69. The van der Waals surface area contributed by atoms with Gasteiger partial charge in [0, 0.05) is 11.9 Å². The first-order chi connectivity index (χ1) is 8.07. The molecular weight excluding hydrogens is 206 g/mol. The number of rotatable bonds is 4. The zero-order valence-electron chi connectivity index (χ0n) is 11.8. The average molecular weight is 231 g/mol. The summed E-state index contributed by atoms with van der Waals surface area (Å²) in [6, 6.07) is 0. The standard InChI is InChI=1S/C16H25N/c1-6-7-8-11-17-15(5)16-10-9-12(2)13(3)14(16)4/h8-13H,6-7H2,1-5H3/b11-8+,17-15-. The molecule has 1 heteroatoms. The van der Waals surface area contributed by atoms with E-state index < -0.39 is 0 Å². The summed E-state index contributed by atoms with van der Waals surface area (Å²) in [5.74, 6) is 1.27. The monoisotopic (exact) mass is 231 g/mol. The minimum absolute atomic E-state index is 0.625. The van der Waals surface area contributed by atoms with E-state index in [-0.39, 0.29) is 0 Å². The van der Waals surface area contributed by atoms with E-state index in [1.807, 2.05) is 6.20 Å². The maximum atomic E-state index is 4.52. The molecule has 1 nitrogen and oxygen atoms in total. The van der Waals surface area contributed by atoms with Crippen LogP contribution < -0.4 is 0 Å². The first-order valence-electron chi connectivity index (χ1n) is 6.66. The van der Waals surface area contributed by atoms with Crippen molar-refractivity contribution in [2.24, 2.45) is 16.8 Å². The fourth-order valence-electron chi connectivity index (χ4n) is 2.07. The van der Waals surface area contributed by atoms with Gasteiger partial charge < -0.3 is 0 Å². The van der Waals surface area contributed by atoms with Gasteiger partial charge in [0.25, 0.3) is 0 Å². The van der Waals surface area contributed by atoms with Crippen molar-refractivity contribution >= 4 is 5.71 Å². The third-order valence-electron chi connectivity index (χ3n) is 3.68. The zero-order valence-corrected chi connectivity index (χ0v) is 11.8. The van der Waals surface area contributed by atoms with E-state index in [9.17, 15) is 0 Å². The van der Waals surface area contributed by atoms with Gasteiger partial charge in [-0.25, -0.2) is 0 Å². The molecule has 0 aromatic heterocycles. The molecule has 0 N–H and O–H groups in total. The van der Waals surface area contributed by atoms with Gasteiger partial charge in [0.1, 0.15) is 0 Å². The molecule has 0 bridgehead atoms. The number of allylic oxidation sites excluding steroid dienone is 5. The second kappa shape index (κ2) is 6.58. The summed E-state index contributed by atoms with van der Waals surface area (Å²) < 4.78 is 0. The van der Waals surface area contributed by atoms with Crippen molar-refractivity contribution < 1.29 is 0 Å². The maximum absolute atomic E-state index is 4.52. The molecule has 0 fully saturated rings. The highest BCUT2D eigenvalue weighted by Gasteiger charge is 2.19. The van der Waals surface area contributed by atoms with Crippen molar-refractivity contribution in [2.45, 2.75) is 47.5 Å². The Hall–Kier alpha value is -1.11. The van der Waals surface area contributed by atoms with Crippen LogP contribution in [0, 0.1) is 11.8 Å². The number of hydrogen-bond donors (Lipinski definition) is 0. The molecule has 94 valence electrons. The molecule has 0 heterocycles. The van der Waals surface area contributed by atoms with Crippen molar-refractivity contribution in [3.8, 4) is 0 Å². The Balaban J connectivity index is 2.82. The molecule has 0 spiro atoms. The van der Waals surface area contributed by atoms with E-state index in [1.54, 1.807) is 0 Å². The largest absolute Gasteiger partial charge is 0.261 e. The number of hydrogen-bond acceptors (Lipinski definition) is 1. The summed E-state index contributed by atoms with van der Waals surface area (Å²) in [6.45, 7) is 11.1. The van der Waals surface area contributed by atoms with E-state index in [2.05, 4.69) is 57.8 Å². The Morgan fingerprint density at radius 1 is 1.41 bits per heavy atom. The molecular formula is C16H25N. The molecule has 2 atom stereocenters. The Labute approximate surface area is 106 Å². The van der Waals surface area contributed by atoms with Crippen LogP contribution in [0.15, 0.2) is 40.6 Å². The normalized spacial score (nSPS) is 26.1. The van der Waals surface area contributed by atoms with Gasteiger partial charge in [-0.15, -0.1) is 0 Å².